The van der Waals surface area contributed by atoms with Crippen molar-refractivity contribution in [1.29, 1.82) is 0 Å². The molecule has 0 radical (unpaired) electrons. The smallest absolute Gasteiger partial charge is 0.236 e. The fourth-order valence-electron chi connectivity index (χ4n) is 3.15. The third kappa shape index (κ3) is 3.27. The molecule has 0 aliphatic carbocycles. The van der Waals surface area contributed by atoms with Gasteiger partial charge in [-0.05, 0) is 36.3 Å². The average molecular weight is 307 g/mol. The summed E-state index contributed by atoms with van der Waals surface area (Å²) < 4.78 is 0. The van der Waals surface area contributed by atoms with Gasteiger partial charge in [-0.3, -0.25) is 14.5 Å². The summed E-state index contributed by atoms with van der Waals surface area (Å²) in [7, 11) is 0. The van der Waals surface area contributed by atoms with Gasteiger partial charge in [0.1, 0.15) is 0 Å². The number of fused-ring (bicyclic) bond motifs is 1. The van der Waals surface area contributed by atoms with E-state index in [1.54, 1.807) is 0 Å². The van der Waals surface area contributed by atoms with Crippen LogP contribution in [0.4, 0.5) is 0 Å². The van der Waals surface area contributed by atoms with Crippen LogP contribution >= 0.6 is 11.3 Å². The number of nitrogens with zero attached hydrogens (tertiary/aromatic N) is 2. The molecule has 6 heteroatoms. The van der Waals surface area contributed by atoms with Gasteiger partial charge in [0, 0.05) is 37.0 Å². The minimum Gasteiger partial charge on any atom is -0.369 e. The zero-order valence-electron chi connectivity index (χ0n) is 12.1. The van der Waals surface area contributed by atoms with E-state index >= 15 is 0 Å². The Morgan fingerprint density at radius 1 is 1.29 bits per heavy atom. The number of amides is 2. The quantitative estimate of drug-likeness (QED) is 0.899. The second-order valence-electron chi connectivity index (χ2n) is 5.89. The predicted octanol–water partition coefficient (Wildman–Crippen LogP) is 0.830. The minimum atomic E-state index is -0.233. The molecular formula is C15H21N3O2S. The topological polar surface area (TPSA) is 66.6 Å². The summed E-state index contributed by atoms with van der Waals surface area (Å²) in [6.45, 7) is 3.63. The van der Waals surface area contributed by atoms with Gasteiger partial charge in [-0.15, -0.1) is 11.3 Å². The van der Waals surface area contributed by atoms with Crippen molar-refractivity contribution in [2.45, 2.75) is 25.8 Å². The van der Waals surface area contributed by atoms with Crippen molar-refractivity contribution in [1.82, 2.24) is 9.80 Å². The van der Waals surface area contributed by atoms with E-state index in [1.165, 1.54) is 10.4 Å². The molecule has 5 nitrogen and oxygen atoms in total. The molecule has 2 aliphatic rings. The average Bonchev–Trinajstić information content (AvgIpc) is 2.95. The summed E-state index contributed by atoms with van der Waals surface area (Å²) >= 11 is 1.81. The van der Waals surface area contributed by atoms with Gasteiger partial charge in [0.05, 0.1) is 6.54 Å². The molecule has 0 aromatic carbocycles. The van der Waals surface area contributed by atoms with Crippen LogP contribution in [0, 0.1) is 5.92 Å². The molecule has 1 saturated heterocycles. The van der Waals surface area contributed by atoms with Crippen molar-refractivity contribution >= 4 is 23.2 Å². The normalized spacial score (nSPS) is 20.3. The van der Waals surface area contributed by atoms with Gasteiger partial charge < -0.3 is 10.6 Å². The molecule has 21 heavy (non-hydrogen) atoms. The molecule has 2 amide bonds. The molecule has 3 heterocycles. The van der Waals surface area contributed by atoms with E-state index in [-0.39, 0.29) is 17.7 Å². The van der Waals surface area contributed by atoms with Crippen molar-refractivity contribution in [3.63, 3.8) is 0 Å². The number of rotatable bonds is 3. The molecule has 0 spiro atoms. The Morgan fingerprint density at radius 3 is 2.76 bits per heavy atom. The van der Waals surface area contributed by atoms with E-state index in [2.05, 4.69) is 16.3 Å². The number of carbonyl (C=O) groups excluding carboxylic acids is 2. The molecule has 2 aliphatic heterocycles. The van der Waals surface area contributed by atoms with E-state index in [0.29, 0.717) is 32.5 Å². The summed E-state index contributed by atoms with van der Waals surface area (Å²) in [6, 6.07) is 2.16. The van der Waals surface area contributed by atoms with Gasteiger partial charge in [-0.25, -0.2) is 0 Å². The third-order valence-corrected chi connectivity index (χ3v) is 5.52. The highest BCUT2D eigenvalue weighted by atomic mass is 32.1. The fourth-order valence-corrected chi connectivity index (χ4v) is 4.04. The molecule has 0 saturated carbocycles. The predicted molar refractivity (Wildman–Crippen MR) is 81.8 cm³/mol. The first-order valence-corrected chi connectivity index (χ1v) is 8.36. The lowest BCUT2D eigenvalue weighted by Gasteiger charge is -2.33. The van der Waals surface area contributed by atoms with Crippen LogP contribution in [0.2, 0.25) is 0 Å². The van der Waals surface area contributed by atoms with E-state index in [4.69, 9.17) is 5.73 Å². The molecule has 0 bridgehead atoms. The molecule has 1 aromatic rings. The lowest BCUT2D eigenvalue weighted by molar-refractivity contribution is -0.136. The van der Waals surface area contributed by atoms with Crippen molar-refractivity contribution in [2.24, 2.45) is 11.7 Å². The molecule has 1 fully saturated rings. The molecule has 2 N–H and O–H groups in total. The second-order valence-corrected chi connectivity index (χ2v) is 6.89. The Morgan fingerprint density at radius 2 is 2.05 bits per heavy atom. The monoisotopic (exact) mass is 307 g/mol. The summed E-state index contributed by atoms with van der Waals surface area (Å²) in [5, 5.41) is 2.13. The van der Waals surface area contributed by atoms with Crippen molar-refractivity contribution in [3.05, 3.63) is 21.9 Å². The SMILES string of the molecule is NC(=O)C1CCN(C(=O)CN2CCc3sccc3C2)CC1. The second kappa shape index (κ2) is 6.15. The van der Waals surface area contributed by atoms with Crippen molar-refractivity contribution < 1.29 is 9.59 Å². The van der Waals surface area contributed by atoms with Crippen LogP contribution in [0.25, 0.3) is 0 Å². The Bertz CT molecular complexity index is 535. The Balaban J connectivity index is 1.50. The van der Waals surface area contributed by atoms with E-state index < -0.39 is 0 Å². The lowest BCUT2D eigenvalue weighted by atomic mass is 9.96. The molecular weight excluding hydrogens is 286 g/mol. The van der Waals surface area contributed by atoms with Gasteiger partial charge in [0.25, 0.3) is 0 Å². The van der Waals surface area contributed by atoms with E-state index in [0.717, 1.165) is 19.5 Å². The first-order chi connectivity index (χ1) is 10.1. The summed E-state index contributed by atoms with van der Waals surface area (Å²) in [5.74, 6) is -0.114. The lowest BCUT2D eigenvalue weighted by Crippen LogP contribution is -2.46. The first-order valence-electron chi connectivity index (χ1n) is 7.48. The standard InChI is InChI=1S/C15H21N3O2S/c16-15(20)11-1-6-18(7-2-11)14(19)10-17-5-3-13-12(9-17)4-8-21-13/h4,8,11H,1-3,5-7,9-10H2,(H2,16,20). The van der Waals surface area contributed by atoms with E-state index in [1.807, 2.05) is 16.2 Å². The third-order valence-electron chi connectivity index (χ3n) is 4.50. The number of carbonyl (C=O) groups is 2. The van der Waals surface area contributed by atoms with Crippen LogP contribution in [0.3, 0.4) is 0 Å². The molecule has 0 unspecified atom stereocenters. The Kier molecular flexibility index (Phi) is 4.26. The number of thiophene rings is 1. The number of hydrogen-bond acceptors (Lipinski definition) is 4. The van der Waals surface area contributed by atoms with Crippen molar-refractivity contribution in [2.75, 3.05) is 26.2 Å². The molecule has 0 atom stereocenters. The maximum absolute atomic E-state index is 12.4. The van der Waals surface area contributed by atoms with Crippen LogP contribution < -0.4 is 5.73 Å². The van der Waals surface area contributed by atoms with E-state index in [9.17, 15) is 9.59 Å². The fraction of sp³-hybridized carbons (Fsp3) is 0.600. The zero-order chi connectivity index (χ0) is 14.8. The molecule has 114 valence electrons. The highest BCUT2D eigenvalue weighted by molar-refractivity contribution is 7.10. The van der Waals surface area contributed by atoms with Crippen LogP contribution in [0.15, 0.2) is 11.4 Å². The van der Waals surface area contributed by atoms with Gasteiger partial charge in [0.2, 0.25) is 11.8 Å². The summed E-state index contributed by atoms with van der Waals surface area (Å²) in [5.41, 5.74) is 6.69. The number of likely N-dealkylation sites (tertiary alicyclic amines) is 1. The van der Waals surface area contributed by atoms with Gasteiger partial charge in [-0.2, -0.15) is 0 Å². The van der Waals surface area contributed by atoms with Crippen molar-refractivity contribution in [3.8, 4) is 0 Å². The van der Waals surface area contributed by atoms with Gasteiger partial charge in [-0.1, -0.05) is 0 Å². The maximum Gasteiger partial charge on any atom is 0.236 e. The highest BCUT2D eigenvalue weighted by Crippen LogP contribution is 2.24. The van der Waals surface area contributed by atoms with Gasteiger partial charge in [0.15, 0.2) is 0 Å². The number of primary amides is 1. The maximum atomic E-state index is 12.4. The molecule has 1 aromatic heterocycles. The van der Waals surface area contributed by atoms with Crippen LogP contribution in [0.1, 0.15) is 23.3 Å². The minimum absolute atomic E-state index is 0.0580. The largest absolute Gasteiger partial charge is 0.369 e. The summed E-state index contributed by atoms with van der Waals surface area (Å²) in [6.07, 6.45) is 2.45. The van der Waals surface area contributed by atoms with Crippen LogP contribution in [-0.4, -0.2) is 47.8 Å². The first kappa shape index (κ1) is 14.5. The number of nitrogens with two attached hydrogens (primary N) is 1. The summed E-state index contributed by atoms with van der Waals surface area (Å²) in [4.78, 5) is 29.1. The van der Waals surface area contributed by atoms with Gasteiger partial charge >= 0.3 is 0 Å². The zero-order valence-corrected chi connectivity index (χ0v) is 12.9. The number of piperidine rings is 1. The Hall–Kier alpha value is -1.40. The Labute approximate surface area is 128 Å². The highest BCUT2D eigenvalue weighted by Gasteiger charge is 2.27. The van der Waals surface area contributed by atoms with Crippen LogP contribution in [0.5, 0.6) is 0 Å². The molecule has 3 rings (SSSR count). The van der Waals surface area contributed by atoms with Crippen LogP contribution in [-0.2, 0) is 22.6 Å². The number of hydrogen-bond donors (Lipinski definition) is 1.